The first kappa shape index (κ1) is 16.7. The molecular weight excluding hydrogens is 320 g/mol. The van der Waals surface area contributed by atoms with Crippen LogP contribution in [0.25, 0.3) is 0 Å². The van der Waals surface area contributed by atoms with E-state index < -0.39 is 22.4 Å². The average Bonchev–Trinajstić information content (AvgIpc) is 2.80. The third kappa shape index (κ3) is 1.90. The maximum atomic E-state index is 13.2. The third-order valence-corrected chi connectivity index (χ3v) is 7.76. The zero-order valence-electron chi connectivity index (χ0n) is 14.6. The molecule has 3 fully saturated rings. The first-order valence-corrected chi connectivity index (χ1v) is 9.06. The lowest BCUT2D eigenvalue weighted by molar-refractivity contribution is -0.182. The molecule has 0 amide bonds. The lowest BCUT2D eigenvalue weighted by atomic mass is 9.47. The summed E-state index contributed by atoms with van der Waals surface area (Å²) in [6.45, 7) is 3.80. The highest BCUT2D eigenvalue weighted by atomic mass is 16.4. The van der Waals surface area contributed by atoms with Crippen LogP contribution in [0.15, 0.2) is 23.8 Å². The Bertz CT molecular complexity index is 749. The van der Waals surface area contributed by atoms with Gasteiger partial charge in [0.2, 0.25) is 0 Å². The molecule has 0 heterocycles. The molecular formula is C20H24O5. The van der Waals surface area contributed by atoms with Crippen molar-refractivity contribution in [1.82, 2.24) is 0 Å². The SMILES string of the molecule is C[C@]12C=CC(=O)C=C1CC[C@@H]1[C@@H]2C(=O)C[C@@]2(C)[C@H]1CC[C@]2(O)C(=O)O. The molecule has 0 unspecified atom stereocenters. The smallest absolute Gasteiger partial charge is 0.336 e. The zero-order valence-corrected chi connectivity index (χ0v) is 14.6. The second-order valence-electron chi connectivity index (χ2n) is 8.74. The average molecular weight is 344 g/mol. The molecule has 4 rings (SSSR count). The van der Waals surface area contributed by atoms with E-state index in [4.69, 9.17) is 0 Å². The molecule has 0 aromatic rings. The summed E-state index contributed by atoms with van der Waals surface area (Å²) in [6, 6.07) is 0. The minimum atomic E-state index is -1.83. The fourth-order valence-electron chi connectivity index (χ4n) is 6.38. The van der Waals surface area contributed by atoms with Crippen LogP contribution in [0.2, 0.25) is 0 Å². The standard InChI is InChI=1S/C20H24O5/c1-18-7-5-12(21)9-11(18)3-4-13-14-6-8-20(25,17(23)24)19(14,2)10-15(22)16(13)18/h5,7,9,13-14,16,25H,3-4,6,8,10H2,1-2H3,(H,23,24)/t13-,14-,16+,18-,19-,20-/m0/s1. The molecule has 0 bridgehead atoms. The van der Waals surface area contributed by atoms with Crippen LogP contribution in [0.5, 0.6) is 0 Å². The van der Waals surface area contributed by atoms with E-state index >= 15 is 0 Å². The maximum absolute atomic E-state index is 13.2. The summed E-state index contributed by atoms with van der Waals surface area (Å²) in [4.78, 5) is 36.7. The van der Waals surface area contributed by atoms with Crippen LogP contribution in [0, 0.1) is 28.6 Å². The number of ketones is 2. The van der Waals surface area contributed by atoms with Crippen molar-refractivity contribution >= 4 is 17.5 Å². The molecule has 2 N–H and O–H groups in total. The molecule has 0 aromatic carbocycles. The number of carboxylic acid groups (broad SMARTS) is 1. The number of hydrogen-bond donors (Lipinski definition) is 2. The van der Waals surface area contributed by atoms with E-state index in [1.54, 1.807) is 19.1 Å². The lowest BCUT2D eigenvalue weighted by Gasteiger charge is -2.56. The molecule has 0 aliphatic heterocycles. The van der Waals surface area contributed by atoms with Gasteiger partial charge in [-0.3, -0.25) is 9.59 Å². The van der Waals surface area contributed by atoms with E-state index in [1.807, 2.05) is 13.0 Å². The number of aliphatic carboxylic acids is 1. The van der Waals surface area contributed by atoms with Gasteiger partial charge in [-0.2, -0.15) is 0 Å². The monoisotopic (exact) mass is 344 g/mol. The van der Waals surface area contributed by atoms with Crippen LogP contribution >= 0.6 is 0 Å². The highest BCUT2D eigenvalue weighted by molar-refractivity contribution is 6.01. The molecule has 0 spiro atoms. The van der Waals surface area contributed by atoms with Crippen molar-refractivity contribution in [1.29, 1.82) is 0 Å². The van der Waals surface area contributed by atoms with Gasteiger partial charge in [0.15, 0.2) is 11.4 Å². The maximum Gasteiger partial charge on any atom is 0.336 e. The van der Waals surface area contributed by atoms with E-state index in [0.29, 0.717) is 6.42 Å². The van der Waals surface area contributed by atoms with Crippen molar-refractivity contribution in [3.05, 3.63) is 23.8 Å². The van der Waals surface area contributed by atoms with Crippen molar-refractivity contribution in [2.45, 2.75) is 51.6 Å². The quantitative estimate of drug-likeness (QED) is 0.761. The van der Waals surface area contributed by atoms with E-state index in [9.17, 15) is 24.6 Å². The number of carbonyl (C=O) groups excluding carboxylic acids is 2. The lowest BCUT2D eigenvalue weighted by Crippen LogP contribution is -2.60. The Morgan fingerprint density at radius 1 is 1.24 bits per heavy atom. The van der Waals surface area contributed by atoms with Crippen molar-refractivity contribution in [2.24, 2.45) is 28.6 Å². The predicted octanol–water partition coefficient (Wildman–Crippen LogP) is 2.29. The third-order valence-electron chi connectivity index (χ3n) is 7.76. The van der Waals surface area contributed by atoms with Gasteiger partial charge in [0.1, 0.15) is 5.78 Å². The number of Topliss-reactive ketones (excluding diaryl/α,β-unsaturated/α-hetero) is 1. The first-order chi connectivity index (χ1) is 11.6. The number of rotatable bonds is 1. The largest absolute Gasteiger partial charge is 0.479 e. The van der Waals surface area contributed by atoms with Gasteiger partial charge in [-0.05, 0) is 49.7 Å². The Balaban J connectivity index is 1.78. The first-order valence-electron chi connectivity index (χ1n) is 9.06. The van der Waals surface area contributed by atoms with E-state index in [-0.39, 0.29) is 42.2 Å². The van der Waals surface area contributed by atoms with E-state index in [1.165, 1.54) is 0 Å². The molecule has 6 atom stereocenters. The summed E-state index contributed by atoms with van der Waals surface area (Å²) in [5, 5.41) is 20.4. The molecule has 4 aliphatic carbocycles. The number of aliphatic hydroxyl groups is 1. The van der Waals surface area contributed by atoms with Crippen LogP contribution in [0.3, 0.4) is 0 Å². The summed E-state index contributed by atoms with van der Waals surface area (Å²) in [7, 11) is 0. The second kappa shape index (κ2) is 4.91. The second-order valence-corrected chi connectivity index (χ2v) is 8.74. The minimum Gasteiger partial charge on any atom is -0.479 e. The molecule has 5 heteroatoms. The molecule has 0 aromatic heterocycles. The molecule has 4 aliphatic rings. The molecule has 3 saturated carbocycles. The van der Waals surface area contributed by atoms with Gasteiger partial charge in [0.05, 0.1) is 0 Å². The van der Waals surface area contributed by atoms with Crippen LogP contribution in [0.1, 0.15) is 46.0 Å². The van der Waals surface area contributed by atoms with Gasteiger partial charge in [0.25, 0.3) is 0 Å². The number of allylic oxidation sites excluding steroid dienone is 4. The van der Waals surface area contributed by atoms with Gasteiger partial charge in [-0.1, -0.05) is 25.5 Å². The van der Waals surface area contributed by atoms with Crippen molar-refractivity contribution in [3.63, 3.8) is 0 Å². The van der Waals surface area contributed by atoms with Gasteiger partial charge in [-0.25, -0.2) is 4.79 Å². The van der Waals surface area contributed by atoms with E-state index in [0.717, 1.165) is 18.4 Å². The molecule has 5 nitrogen and oxygen atoms in total. The minimum absolute atomic E-state index is 0.0145. The Labute approximate surface area is 146 Å². The molecule has 0 radical (unpaired) electrons. The van der Waals surface area contributed by atoms with Crippen LogP contribution < -0.4 is 0 Å². The highest BCUT2D eigenvalue weighted by Crippen LogP contribution is 2.65. The summed E-state index contributed by atoms with van der Waals surface area (Å²) < 4.78 is 0. The number of carbonyl (C=O) groups is 3. The van der Waals surface area contributed by atoms with Crippen molar-refractivity contribution < 1.29 is 24.6 Å². The molecule has 134 valence electrons. The summed E-state index contributed by atoms with van der Waals surface area (Å²) in [5.74, 6) is -1.38. The predicted molar refractivity (Wildman–Crippen MR) is 89.6 cm³/mol. The van der Waals surface area contributed by atoms with E-state index in [2.05, 4.69) is 0 Å². The fourth-order valence-corrected chi connectivity index (χ4v) is 6.38. The summed E-state index contributed by atoms with van der Waals surface area (Å²) in [5.41, 5.74) is -2.18. The topological polar surface area (TPSA) is 91.7 Å². The fraction of sp³-hybridized carbons (Fsp3) is 0.650. The van der Waals surface area contributed by atoms with Crippen LogP contribution in [-0.4, -0.2) is 33.3 Å². The van der Waals surface area contributed by atoms with Crippen LogP contribution in [-0.2, 0) is 14.4 Å². The number of fused-ring (bicyclic) bond motifs is 5. The van der Waals surface area contributed by atoms with Crippen LogP contribution in [0.4, 0.5) is 0 Å². The highest BCUT2D eigenvalue weighted by Gasteiger charge is 2.68. The van der Waals surface area contributed by atoms with Gasteiger partial charge < -0.3 is 10.2 Å². The Kier molecular flexibility index (Phi) is 3.28. The van der Waals surface area contributed by atoms with Crippen molar-refractivity contribution in [2.75, 3.05) is 0 Å². The van der Waals surface area contributed by atoms with Crippen molar-refractivity contribution in [3.8, 4) is 0 Å². The Hall–Kier alpha value is -1.75. The molecule has 0 saturated heterocycles. The Morgan fingerprint density at radius 2 is 1.96 bits per heavy atom. The normalized spacial score (nSPS) is 48.4. The van der Waals surface area contributed by atoms with Gasteiger partial charge >= 0.3 is 5.97 Å². The Morgan fingerprint density at radius 3 is 2.64 bits per heavy atom. The van der Waals surface area contributed by atoms with Gasteiger partial charge in [-0.15, -0.1) is 0 Å². The summed E-state index contributed by atoms with van der Waals surface area (Å²) in [6.07, 6.45) is 7.54. The molecule has 25 heavy (non-hydrogen) atoms. The summed E-state index contributed by atoms with van der Waals surface area (Å²) >= 11 is 0. The number of carboxylic acids is 1. The number of hydrogen-bond acceptors (Lipinski definition) is 4. The zero-order chi connectivity index (χ0) is 18.2. The van der Waals surface area contributed by atoms with Gasteiger partial charge in [0, 0.05) is 23.2 Å².